The van der Waals surface area contributed by atoms with Gasteiger partial charge in [0.2, 0.25) is 0 Å². The first-order valence-electron chi connectivity index (χ1n) is 4.95. The monoisotopic (exact) mass is 253 g/mol. The third-order valence-corrected chi connectivity index (χ3v) is 2.90. The normalized spacial score (nSPS) is 23.9. The first kappa shape index (κ1) is 11.5. The highest BCUT2D eigenvalue weighted by atomic mass is 79.9. The van der Waals surface area contributed by atoms with Crippen LogP contribution < -0.4 is 21.9 Å². The molecule has 0 radical (unpaired) electrons. The zero-order valence-electron chi connectivity index (χ0n) is 8.63. The molecule has 2 rings (SSSR count). The molecule has 0 fully saturated rings. The number of benzene rings is 1. The van der Waals surface area contributed by atoms with Crippen molar-refractivity contribution in [3.8, 4) is 0 Å². The topological polar surface area (TPSA) is 4.44 Å². The van der Waals surface area contributed by atoms with Gasteiger partial charge in [0.1, 0.15) is 6.04 Å². The van der Waals surface area contributed by atoms with Gasteiger partial charge in [0.05, 0.1) is 12.7 Å². The Morgan fingerprint density at radius 3 is 2.71 bits per heavy atom. The van der Waals surface area contributed by atoms with Crippen molar-refractivity contribution in [3.63, 3.8) is 0 Å². The van der Waals surface area contributed by atoms with Crippen LogP contribution in [0.2, 0.25) is 0 Å². The van der Waals surface area contributed by atoms with Gasteiger partial charge in [0.25, 0.3) is 0 Å². The Morgan fingerprint density at radius 2 is 2.00 bits per heavy atom. The molecule has 0 amide bonds. The summed E-state index contributed by atoms with van der Waals surface area (Å²) < 4.78 is 0. The second kappa shape index (κ2) is 4.76. The Labute approximate surface area is 96.2 Å². The Kier molecular flexibility index (Phi) is 3.90. The van der Waals surface area contributed by atoms with E-state index in [4.69, 9.17) is 0 Å². The second-order valence-corrected chi connectivity index (χ2v) is 3.61. The molecule has 2 heteroatoms. The maximum Gasteiger partial charge on any atom is 0.115 e. The number of hydrogen-bond donors (Lipinski definition) is 1. The van der Waals surface area contributed by atoms with E-state index in [0.717, 1.165) is 6.54 Å². The summed E-state index contributed by atoms with van der Waals surface area (Å²) in [6.07, 6.45) is 4.50. The van der Waals surface area contributed by atoms with E-state index in [0.29, 0.717) is 6.04 Å². The van der Waals surface area contributed by atoms with E-state index in [1.54, 1.807) is 4.90 Å². The Hall–Kier alpha value is -0.600. The Bertz CT molecular complexity index is 333. The van der Waals surface area contributed by atoms with Gasteiger partial charge < -0.3 is 21.9 Å². The van der Waals surface area contributed by atoms with Crippen LogP contribution in [0.1, 0.15) is 31.0 Å². The summed E-state index contributed by atoms with van der Waals surface area (Å²) in [6, 6.07) is 9.26. The van der Waals surface area contributed by atoms with E-state index >= 15 is 0 Å². The van der Waals surface area contributed by atoms with Crippen molar-refractivity contribution in [2.45, 2.75) is 19.9 Å². The summed E-state index contributed by atoms with van der Waals surface area (Å²) in [4.78, 5) is 1.54. The molecule has 0 aliphatic carbocycles. The number of rotatable bonds is 1. The lowest BCUT2D eigenvalue weighted by Gasteiger charge is -2.25. The van der Waals surface area contributed by atoms with E-state index in [1.807, 2.05) is 0 Å². The molecule has 14 heavy (non-hydrogen) atoms. The van der Waals surface area contributed by atoms with E-state index in [-0.39, 0.29) is 17.0 Å². The average Bonchev–Trinajstić information content (AvgIpc) is 2.19. The molecule has 1 aromatic carbocycles. The SMILES string of the molecule is CC[NH+]1C=Cc2ccccc2C1C.[Br-]. The lowest BCUT2D eigenvalue weighted by Crippen LogP contribution is -3.07. The lowest BCUT2D eigenvalue weighted by molar-refractivity contribution is -0.876. The molecule has 1 aliphatic rings. The summed E-state index contributed by atoms with van der Waals surface area (Å²) in [5, 5.41) is 0. The zero-order valence-corrected chi connectivity index (χ0v) is 10.2. The van der Waals surface area contributed by atoms with Crippen LogP contribution in [-0.2, 0) is 0 Å². The van der Waals surface area contributed by atoms with Gasteiger partial charge in [-0.2, -0.15) is 0 Å². The molecule has 0 spiro atoms. The molecule has 2 atom stereocenters. The quantitative estimate of drug-likeness (QED) is 0.631. The summed E-state index contributed by atoms with van der Waals surface area (Å²) in [5.74, 6) is 0. The molecule has 2 unspecified atom stereocenters. The lowest BCUT2D eigenvalue weighted by atomic mass is 9.98. The maximum atomic E-state index is 2.29. The molecule has 76 valence electrons. The van der Waals surface area contributed by atoms with E-state index in [9.17, 15) is 0 Å². The van der Waals surface area contributed by atoms with Crippen LogP contribution in [0.25, 0.3) is 6.08 Å². The number of hydrogen-bond acceptors (Lipinski definition) is 0. The third-order valence-electron chi connectivity index (χ3n) is 2.90. The fraction of sp³-hybridized carbons (Fsp3) is 0.333. The van der Waals surface area contributed by atoms with Crippen molar-refractivity contribution in [1.29, 1.82) is 0 Å². The van der Waals surface area contributed by atoms with Gasteiger partial charge in [0, 0.05) is 5.56 Å². The molecule has 1 heterocycles. The highest BCUT2D eigenvalue weighted by Crippen LogP contribution is 2.19. The van der Waals surface area contributed by atoms with Crippen molar-refractivity contribution < 1.29 is 21.9 Å². The van der Waals surface area contributed by atoms with E-state index in [2.05, 4.69) is 50.4 Å². The maximum absolute atomic E-state index is 2.29. The van der Waals surface area contributed by atoms with Gasteiger partial charge in [0.15, 0.2) is 0 Å². The van der Waals surface area contributed by atoms with Crippen LogP contribution in [0.3, 0.4) is 0 Å². The molecule has 0 saturated carbocycles. The van der Waals surface area contributed by atoms with Gasteiger partial charge in [-0.1, -0.05) is 24.3 Å². The first-order chi connectivity index (χ1) is 6.33. The van der Waals surface area contributed by atoms with Crippen LogP contribution in [0, 0.1) is 0 Å². The number of halogens is 1. The fourth-order valence-electron chi connectivity index (χ4n) is 2.02. The predicted octanol–water partition coefficient (Wildman–Crippen LogP) is -1.36. The first-order valence-corrected chi connectivity index (χ1v) is 4.95. The standard InChI is InChI=1S/C12H15N.BrH/c1-3-13-9-8-11-6-4-5-7-12(11)10(13)2;/h4-10H,3H2,1-2H3;1H. The minimum atomic E-state index is 0. The number of nitrogens with one attached hydrogen (secondary N) is 1. The molecule has 1 aromatic rings. The summed E-state index contributed by atoms with van der Waals surface area (Å²) in [6.45, 7) is 5.68. The van der Waals surface area contributed by atoms with Crippen molar-refractivity contribution >= 4 is 6.08 Å². The van der Waals surface area contributed by atoms with Gasteiger partial charge >= 0.3 is 0 Å². The van der Waals surface area contributed by atoms with Crippen molar-refractivity contribution in [1.82, 2.24) is 0 Å². The Balaban J connectivity index is 0.000000980. The van der Waals surface area contributed by atoms with Crippen molar-refractivity contribution in [2.75, 3.05) is 6.54 Å². The second-order valence-electron chi connectivity index (χ2n) is 3.61. The molecular formula is C12H16BrN. The Morgan fingerprint density at radius 1 is 1.29 bits per heavy atom. The molecular weight excluding hydrogens is 238 g/mol. The van der Waals surface area contributed by atoms with Crippen molar-refractivity contribution in [3.05, 3.63) is 41.6 Å². The van der Waals surface area contributed by atoms with Crippen LogP contribution >= 0.6 is 0 Å². The minimum absolute atomic E-state index is 0. The minimum Gasteiger partial charge on any atom is -1.00 e. The van der Waals surface area contributed by atoms with Crippen LogP contribution in [-0.4, -0.2) is 6.54 Å². The van der Waals surface area contributed by atoms with Crippen molar-refractivity contribution in [2.24, 2.45) is 0 Å². The molecule has 0 aromatic heterocycles. The molecule has 1 nitrogen and oxygen atoms in total. The highest BCUT2D eigenvalue weighted by Gasteiger charge is 2.21. The summed E-state index contributed by atoms with van der Waals surface area (Å²) >= 11 is 0. The average molecular weight is 254 g/mol. The van der Waals surface area contributed by atoms with E-state index in [1.165, 1.54) is 11.1 Å². The molecule has 0 saturated heterocycles. The largest absolute Gasteiger partial charge is 1.00 e. The summed E-state index contributed by atoms with van der Waals surface area (Å²) in [7, 11) is 0. The van der Waals surface area contributed by atoms with E-state index < -0.39 is 0 Å². The molecule has 0 bridgehead atoms. The van der Waals surface area contributed by atoms with Crippen LogP contribution in [0.4, 0.5) is 0 Å². The zero-order chi connectivity index (χ0) is 9.26. The number of quaternary nitrogens is 1. The fourth-order valence-corrected chi connectivity index (χ4v) is 2.02. The van der Waals surface area contributed by atoms with Gasteiger partial charge in [-0.05, 0) is 25.5 Å². The smallest absolute Gasteiger partial charge is 0.115 e. The van der Waals surface area contributed by atoms with Gasteiger partial charge in [-0.25, -0.2) is 0 Å². The number of fused-ring (bicyclic) bond motifs is 1. The summed E-state index contributed by atoms with van der Waals surface area (Å²) in [5.41, 5.74) is 2.86. The highest BCUT2D eigenvalue weighted by molar-refractivity contribution is 5.54. The molecule has 1 aliphatic heterocycles. The predicted molar refractivity (Wildman–Crippen MR) is 55.4 cm³/mol. The molecule has 1 N–H and O–H groups in total. The van der Waals surface area contributed by atoms with Crippen LogP contribution in [0.15, 0.2) is 30.5 Å². The van der Waals surface area contributed by atoms with Gasteiger partial charge in [-0.15, -0.1) is 0 Å². The van der Waals surface area contributed by atoms with Crippen LogP contribution in [0.5, 0.6) is 0 Å². The van der Waals surface area contributed by atoms with Gasteiger partial charge in [-0.3, -0.25) is 0 Å². The third kappa shape index (κ3) is 1.91.